The van der Waals surface area contributed by atoms with E-state index < -0.39 is 0 Å². The fraction of sp³-hybridized carbons (Fsp3) is 0.353. The van der Waals surface area contributed by atoms with Crippen LogP contribution >= 0.6 is 0 Å². The van der Waals surface area contributed by atoms with E-state index >= 15 is 0 Å². The van der Waals surface area contributed by atoms with Gasteiger partial charge >= 0.3 is 0 Å². The zero-order chi connectivity index (χ0) is 16.1. The number of carbonyl (C=O) groups is 1. The maximum absolute atomic E-state index is 12.8. The van der Waals surface area contributed by atoms with E-state index in [-0.39, 0.29) is 11.7 Å². The Bertz CT molecular complexity index is 651. The summed E-state index contributed by atoms with van der Waals surface area (Å²) >= 11 is 0. The molecular formula is C17H19FN4O. The first-order valence-corrected chi connectivity index (χ1v) is 7.82. The molecule has 120 valence electrons. The predicted molar refractivity (Wildman–Crippen MR) is 85.8 cm³/mol. The first-order valence-electron chi connectivity index (χ1n) is 7.82. The van der Waals surface area contributed by atoms with E-state index in [0.29, 0.717) is 18.1 Å². The average molecular weight is 314 g/mol. The maximum Gasteiger partial charge on any atom is 0.274 e. The van der Waals surface area contributed by atoms with Crippen LogP contribution in [0.5, 0.6) is 0 Å². The van der Waals surface area contributed by atoms with E-state index in [0.717, 1.165) is 37.9 Å². The smallest absolute Gasteiger partial charge is 0.274 e. The second-order valence-corrected chi connectivity index (χ2v) is 5.59. The van der Waals surface area contributed by atoms with Gasteiger partial charge in [0.1, 0.15) is 17.3 Å². The molecule has 0 bridgehead atoms. The number of hydrogen-bond acceptors (Lipinski definition) is 4. The summed E-state index contributed by atoms with van der Waals surface area (Å²) < 4.78 is 12.8. The normalized spacial score (nSPS) is 14.0. The van der Waals surface area contributed by atoms with Crippen molar-refractivity contribution in [2.75, 3.05) is 25.0 Å². The molecule has 0 atom stereocenters. The van der Waals surface area contributed by atoms with Crippen molar-refractivity contribution < 1.29 is 9.18 Å². The van der Waals surface area contributed by atoms with Crippen molar-refractivity contribution in [3.8, 4) is 0 Å². The fourth-order valence-corrected chi connectivity index (χ4v) is 2.60. The summed E-state index contributed by atoms with van der Waals surface area (Å²) in [6.07, 6.45) is 5.97. The molecule has 0 unspecified atom stereocenters. The molecule has 6 heteroatoms. The van der Waals surface area contributed by atoms with Crippen LogP contribution < -0.4 is 5.32 Å². The number of likely N-dealkylation sites (tertiary alicyclic amines) is 1. The van der Waals surface area contributed by atoms with Gasteiger partial charge in [-0.15, -0.1) is 0 Å². The summed E-state index contributed by atoms with van der Waals surface area (Å²) in [4.78, 5) is 22.4. The van der Waals surface area contributed by atoms with E-state index in [1.165, 1.54) is 18.3 Å². The third-order valence-electron chi connectivity index (χ3n) is 3.90. The Morgan fingerprint density at radius 2 is 1.87 bits per heavy atom. The molecule has 0 aliphatic carbocycles. The number of benzene rings is 1. The number of anilines is 1. The van der Waals surface area contributed by atoms with E-state index in [4.69, 9.17) is 0 Å². The van der Waals surface area contributed by atoms with Crippen LogP contribution in [-0.4, -0.2) is 40.4 Å². The lowest BCUT2D eigenvalue weighted by molar-refractivity contribution is 0.0786. The largest absolute Gasteiger partial charge is 0.368 e. The third-order valence-corrected chi connectivity index (χ3v) is 3.90. The Balaban J connectivity index is 1.51. The molecule has 3 rings (SSSR count). The van der Waals surface area contributed by atoms with Gasteiger partial charge in [-0.1, -0.05) is 12.1 Å². The summed E-state index contributed by atoms with van der Waals surface area (Å²) in [5, 5.41) is 3.15. The van der Waals surface area contributed by atoms with Gasteiger partial charge in [0.25, 0.3) is 5.91 Å². The molecule has 2 heterocycles. The van der Waals surface area contributed by atoms with Crippen LogP contribution in [0.1, 0.15) is 28.9 Å². The van der Waals surface area contributed by atoms with Gasteiger partial charge in [0.2, 0.25) is 0 Å². The number of nitrogens with zero attached hydrogens (tertiary/aromatic N) is 3. The SMILES string of the molecule is O=C(c1cnc(NCCc2ccc(F)cc2)cn1)N1CCCC1. The van der Waals surface area contributed by atoms with Crippen molar-refractivity contribution in [3.05, 3.63) is 53.7 Å². The molecule has 0 radical (unpaired) electrons. The van der Waals surface area contributed by atoms with Crippen molar-refractivity contribution >= 4 is 11.7 Å². The fourth-order valence-electron chi connectivity index (χ4n) is 2.60. The zero-order valence-corrected chi connectivity index (χ0v) is 12.8. The molecule has 0 spiro atoms. The van der Waals surface area contributed by atoms with E-state index in [2.05, 4.69) is 15.3 Å². The molecule has 23 heavy (non-hydrogen) atoms. The number of halogens is 1. The number of aromatic nitrogens is 2. The Morgan fingerprint density at radius 3 is 2.52 bits per heavy atom. The number of amides is 1. The average Bonchev–Trinajstić information content (AvgIpc) is 3.11. The van der Waals surface area contributed by atoms with Gasteiger partial charge in [0, 0.05) is 19.6 Å². The monoisotopic (exact) mass is 314 g/mol. The van der Waals surface area contributed by atoms with Crippen LogP contribution in [-0.2, 0) is 6.42 Å². The van der Waals surface area contributed by atoms with Crippen LogP contribution in [0.3, 0.4) is 0 Å². The van der Waals surface area contributed by atoms with Crippen molar-refractivity contribution in [3.63, 3.8) is 0 Å². The second-order valence-electron chi connectivity index (χ2n) is 5.59. The molecule has 1 N–H and O–H groups in total. The van der Waals surface area contributed by atoms with E-state index in [9.17, 15) is 9.18 Å². The molecule has 5 nitrogen and oxygen atoms in total. The van der Waals surface area contributed by atoms with Gasteiger partial charge in [-0.25, -0.2) is 14.4 Å². The number of hydrogen-bond donors (Lipinski definition) is 1. The second kappa shape index (κ2) is 7.17. The van der Waals surface area contributed by atoms with Crippen molar-refractivity contribution in [2.24, 2.45) is 0 Å². The highest BCUT2D eigenvalue weighted by Gasteiger charge is 2.20. The first kappa shape index (κ1) is 15.4. The van der Waals surface area contributed by atoms with Crippen LogP contribution in [0.2, 0.25) is 0 Å². The molecule has 1 aliphatic rings. The van der Waals surface area contributed by atoms with Gasteiger partial charge in [0.05, 0.1) is 12.4 Å². The highest BCUT2D eigenvalue weighted by atomic mass is 19.1. The molecule has 1 amide bonds. The molecular weight excluding hydrogens is 295 g/mol. The summed E-state index contributed by atoms with van der Waals surface area (Å²) in [6.45, 7) is 2.27. The Morgan fingerprint density at radius 1 is 1.13 bits per heavy atom. The van der Waals surface area contributed by atoms with Crippen molar-refractivity contribution in [1.82, 2.24) is 14.9 Å². The predicted octanol–water partition coefficient (Wildman–Crippen LogP) is 2.51. The number of carbonyl (C=O) groups excluding carboxylic acids is 1. The standard InChI is InChI=1S/C17H19FN4O/c18-14-5-3-13(4-6-14)7-8-19-16-12-20-15(11-21-16)17(23)22-9-1-2-10-22/h3-6,11-12H,1-2,7-10H2,(H,19,21). The minimum Gasteiger partial charge on any atom is -0.368 e. The highest BCUT2D eigenvalue weighted by molar-refractivity contribution is 5.92. The molecule has 1 aliphatic heterocycles. The molecule has 0 saturated carbocycles. The molecule has 1 saturated heterocycles. The summed E-state index contributed by atoms with van der Waals surface area (Å²) in [5.74, 6) is 0.351. The summed E-state index contributed by atoms with van der Waals surface area (Å²) in [5.41, 5.74) is 1.43. The Labute approximate surface area is 134 Å². The first-order chi connectivity index (χ1) is 11.2. The minimum atomic E-state index is -0.231. The third kappa shape index (κ3) is 4.03. The van der Waals surface area contributed by atoms with E-state index in [1.807, 2.05) is 4.90 Å². The van der Waals surface area contributed by atoms with Crippen LogP contribution in [0, 0.1) is 5.82 Å². The minimum absolute atomic E-state index is 0.0483. The quantitative estimate of drug-likeness (QED) is 0.921. The lowest BCUT2D eigenvalue weighted by Crippen LogP contribution is -2.28. The number of nitrogens with one attached hydrogen (secondary N) is 1. The lowest BCUT2D eigenvalue weighted by Gasteiger charge is -2.14. The topological polar surface area (TPSA) is 58.1 Å². The van der Waals surface area contributed by atoms with Crippen molar-refractivity contribution in [2.45, 2.75) is 19.3 Å². The van der Waals surface area contributed by atoms with Gasteiger partial charge in [0.15, 0.2) is 0 Å². The van der Waals surface area contributed by atoms with Crippen LogP contribution in [0.15, 0.2) is 36.7 Å². The van der Waals surface area contributed by atoms with Crippen LogP contribution in [0.4, 0.5) is 10.2 Å². The summed E-state index contributed by atoms with van der Waals surface area (Å²) in [7, 11) is 0. The molecule has 1 fully saturated rings. The van der Waals surface area contributed by atoms with Crippen molar-refractivity contribution in [1.29, 1.82) is 0 Å². The van der Waals surface area contributed by atoms with Gasteiger partial charge in [-0.2, -0.15) is 0 Å². The molecule has 1 aromatic carbocycles. The maximum atomic E-state index is 12.8. The van der Waals surface area contributed by atoms with E-state index in [1.54, 1.807) is 18.3 Å². The van der Waals surface area contributed by atoms with Gasteiger partial charge < -0.3 is 10.2 Å². The zero-order valence-electron chi connectivity index (χ0n) is 12.8. The van der Waals surface area contributed by atoms with Crippen LogP contribution in [0.25, 0.3) is 0 Å². The van der Waals surface area contributed by atoms with Gasteiger partial charge in [-0.05, 0) is 37.0 Å². The molecule has 1 aromatic heterocycles. The highest BCUT2D eigenvalue weighted by Crippen LogP contribution is 2.12. The van der Waals surface area contributed by atoms with Gasteiger partial charge in [-0.3, -0.25) is 4.79 Å². The Hall–Kier alpha value is -2.50. The Kier molecular flexibility index (Phi) is 4.80. The summed E-state index contributed by atoms with van der Waals surface area (Å²) in [6, 6.07) is 6.43. The molecule has 2 aromatic rings. The lowest BCUT2D eigenvalue weighted by atomic mass is 10.1. The number of rotatable bonds is 5.